The summed E-state index contributed by atoms with van der Waals surface area (Å²) >= 11 is 0. The van der Waals surface area contributed by atoms with Gasteiger partial charge in [0, 0.05) is 26.2 Å². The Morgan fingerprint density at radius 1 is 1.30 bits per heavy atom. The minimum Gasteiger partial charge on any atom is -0.383 e. The number of ketones is 1. The van der Waals surface area contributed by atoms with Crippen LogP contribution in [-0.2, 0) is 23.1 Å². The van der Waals surface area contributed by atoms with Crippen molar-refractivity contribution in [1.29, 1.82) is 0 Å². The van der Waals surface area contributed by atoms with E-state index in [0.717, 1.165) is 17.1 Å². The van der Waals surface area contributed by atoms with Crippen LogP contribution in [-0.4, -0.2) is 45.2 Å². The molecule has 2 aromatic rings. The summed E-state index contributed by atoms with van der Waals surface area (Å²) in [6, 6.07) is 8.57. The molecule has 2 N–H and O–H groups in total. The molecular weight excluding hydrogens is 344 g/mol. The number of aromatic nitrogens is 2. The lowest BCUT2D eigenvalue weighted by molar-refractivity contribution is -0.137. The number of aliphatic hydroxyl groups excluding tert-OH is 1. The normalized spacial score (nSPS) is 26.8. The number of amides is 1. The molecule has 2 unspecified atom stereocenters. The third-order valence-electron chi connectivity index (χ3n) is 5.69. The van der Waals surface area contributed by atoms with Crippen LogP contribution in [0, 0.1) is 18.8 Å². The first kappa shape index (κ1) is 17.6. The maximum atomic E-state index is 13.1. The Kier molecular flexibility index (Phi) is 4.19. The van der Waals surface area contributed by atoms with E-state index in [0.29, 0.717) is 17.8 Å². The van der Waals surface area contributed by atoms with Crippen molar-refractivity contribution in [2.75, 3.05) is 7.05 Å². The molecule has 1 aromatic heterocycles. The number of nitrogens with one attached hydrogen (secondary N) is 1. The molecule has 7 nitrogen and oxygen atoms in total. The number of benzene rings is 1. The summed E-state index contributed by atoms with van der Waals surface area (Å²) in [7, 11) is 3.46. The van der Waals surface area contributed by atoms with Gasteiger partial charge in [0.15, 0.2) is 5.78 Å². The highest BCUT2D eigenvalue weighted by Crippen LogP contribution is 2.39. The number of imidazole rings is 1. The van der Waals surface area contributed by atoms with Crippen LogP contribution in [0.1, 0.15) is 28.8 Å². The predicted molar refractivity (Wildman–Crippen MR) is 99.4 cm³/mol. The van der Waals surface area contributed by atoms with Crippen molar-refractivity contribution in [3.63, 3.8) is 0 Å². The van der Waals surface area contributed by atoms with Crippen LogP contribution >= 0.6 is 0 Å². The number of aliphatic hydroxyl groups is 1. The molecule has 0 spiro atoms. The number of hydrogen-bond donors (Lipinski definition) is 2. The fraction of sp³-hybridized carbons (Fsp3) is 0.400. The molecule has 7 heteroatoms. The molecule has 0 bridgehead atoms. The van der Waals surface area contributed by atoms with E-state index in [-0.39, 0.29) is 11.7 Å². The van der Waals surface area contributed by atoms with Crippen LogP contribution in [0.4, 0.5) is 0 Å². The smallest absolute Gasteiger partial charge is 0.224 e. The summed E-state index contributed by atoms with van der Waals surface area (Å²) in [6.45, 7) is 1.89. The molecule has 140 valence electrons. The highest BCUT2D eigenvalue weighted by Gasteiger charge is 2.50. The maximum Gasteiger partial charge on any atom is 0.224 e. The molecule has 1 aromatic carbocycles. The SMILES string of the molecule is CNC(=O)C1Cc2c(nc(C)n2C)C2=N[C@H](c3ccccc3)[C@@H](O)C(=O)C21. The topological polar surface area (TPSA) is 96.6 Å². The molecule has 0 saturated carbocycles. The standard InChI is InChI=1S/C20H22N4O3/c1-10-22-16-13(24(10)3)9-12(20(27)21-2)14-17(16)23-15(19(26)18(14)25)11-7-5-4-6-8-11/h4-8,12,14-15,19,26H,9H2,1-3H3,(H,21,27)/t12?,14?,15-,19-/m1/s1. The van der Waals surface area contributed by atoms with Gasteiger partial charge in [0.1, 0.15) is 23.7 Å². The fourth-order valence-electron chi connectivity index (χ4n) is 4.13. The molecule has 1 aliphatic heterocycles. The van der Waals surface area contributed by atoms with Gasteiger partial charge in [-0.15, -0.1) is 0 Å². The van der Waals surface area contributed by atoms with Crippen LogP contribution in [0.25, 0.3) is 0 Å². The highest BCUT2D eigenvalue weighted by molar-refractivity contribution is 6.19. The monoisotopic (exact) mass is 366 g/mol. The summed E-state index contributed by atoms with van der Waals surface area (Å²) < 4.78 is 1.94. The number of carbonyl (C=O) groups is 2. The van der Waals surface area contributed by atoms with E-state index < -0.39 is 24.0 Å². The first-order chi connectivity index (χ1) is 12.9. The van der Waals surface area contributed by atoms with Gasteiger partial charge in [0.2, 0.25) is 5.91 Å². The minimum atomic E-state index is -1.28. The Labute approximate surface area is 157 Å². The van der Waals surface area contributed by atoms with Gasteiger partial charge in [-0.05, 0) is 12.5 Å². The largest absolute Gasteiger partial charge is 0.383 e. The van der Waals surface area contributed by atoms with Crippen LogP contribution in [0.15, 0.2) is 35.3 Å². The van der Waals surface area contributed by atoms with Crippen molar-refractivity contribution < 1.29 is 14.7 Å². The quantitative estimate of drug-likeness (QED) is 0.819. The van der Waals surface area contributed by atoms with Crippen molar-refractivity contribution >= 4 is 17.4 Å². The van der Waals surface area contributed by atoms with Crippen molar-refractivity contribution in [2.24, 2.45) is 23.9 Å². The van der Waals surface area contributed by atoms with Crippen molar-refractivity contribution in [3.8, 4) is 0 Å². The fourth-order valence-corrected chi connectivity index (χ4v) is 4.13. The lowest BCUT2D eigenvalue weighted by atomic mass is 9.71. The number of carbonyl (C=O) groups excluding carboxylic acids is 2. The summed E-state index contributed by atoms with van der Waals surface area (Å²) in [5.41, 5.74) is 2.84. The summed E-state index contributed by atoms with van der Waals surface area (Å²) in [5, 5.41) is 13.3. The number of aryl methyl sites for hydroxylation is 1. The van der Waals surface area contributed by atoms with Gasteiger partial charge in [-0.2, -0.15) is 0 Å². The third-order valence-corrected chi connectivity index (χ3v) is 5.69. The maximum absolute atomic E-state index is 13.1. The van der Waals surface area contributed by atoms with Gasteiger partial charge in [-0.3, -0.25) is 14.6 Å². The Morgan fingerprint density at radius 3 is 2.67 bits per heavy atom. The van der Waals surface area contributed by atoms with Crippen LogP contribution in [0.3, 0.4) is 0 Å². The average Bonchev–Trinajstić information content (AvgIpc) is 2.98. The first-order valence-corrected chi connectivity index (χ1v) is 9.02. The molecule has 4 atom stereocenters. The number of nitrogens with zero attached hydrogens (tertiary/aromatic N) is 3. The molecule has 1 amide bonds. The zero-order chi connectivity index (χ0) is 19.3. The Bertz CT molecular complexity index is 948. The number of fused-ring (bicyclic) bond motifs is 3. The molecule has 2 aliphatic rings. The third kappa shape index (κ3) is 2.61. The predicted octanol–water partition coefficient (Wildman–Crippen LogP) is 0.737. The van der Waals surface area contributed by atoms with Crippen LogP contribution in [0.2, 0.25) is 0 Å². The summed E-state index contributed by atoms with van der Waals surface area (Å²) in [4.78, 5) is 35.0. The number of hydrogen-bond acceptors (Lipinski definition) is 5. The van der Waals surface area contributed by atoms with E-state index in [2.05, 4.69) is 10.3 Å². The lowest BCUT2D eigenvalue weighted by Gasteiger charge is -2.37. The summed E-state index contributed by atoms with van der Waals surface area (Å²) in [5.74, 6) is -1.17. The van der Waals surface area contributed by atoms with E-state index in [1.807, 2.05) is 48.9 Å². The molecule has 0 saturated heterocycles. The molecular formula is C20H22N4O3. The first-order valence-electron chi connectivity index (χ1n) is 9.02. The Balaban J connectivity index is 1.92. The minimum absolute atomic E-state index is 0.226. The Hall–Kier alpha value is -2.80. The number of aliphatic imine (C=N–C) groups is 1. The van der Waals surface area contributed by atoms with Gasteiger partial charge in [-0.25, -0.2) is 4.98 Å². The molecule has 2 heterocycles. The zero-order valence-electron chi connectivity index (χ0n) is 15.5. The Morgan fingerprint density at radius 2 is 2.00 bits per heavy atom. The van der Waals surface area contributed by atoms with E-state index in [4.69, 9.17) is 4.99 Å². The molecule has 4 rings (SSSR count). The van der Waals surface area contributed by atoms with Gasteiger partial charge < -0.3 is 15.0 Å². The second-order valence-electron chi connectivity index (χ2n) is 7.13. The van der Waals surface area contributed by atoms with Crippen LogP contribution < -0.4 is 5.32 Å². The van der Waals surface area contributed by atoms with E-state index in [1.54, 1.807) is 7.05 Å². The second kappa shape index (κ2) is 6.42. The van der Waals surface area contributed by atoms with Crippen molar-refractivity contribution in [1.82, 2.24) is 14.9 Å². The van der Waals surface area contributed by atoms with Crippen molar-refractivity contribution in [3.05, 3.63) is 53.1 Å². The molecule has 0 radical (unpaired) electrons. The van der Waals surface area contributed by atoms with E-state index >= 15 is 0 Å². The van der Waals surface area contributed by atoms with E-state index in [9.17, 15) is 14.7 Å². The van der Waals surface area contributed by atoms with Gasteiger partial charge in [0.05, 0.1) is 17.5 Å². The zero-order valence-corrected chi connectivity index (χ0v) is 15.5. The van der Waals surface area contributed by atoms with Crippen LogP contribution in [0.5, 0.6) is 0 Å². The number of rotatable bonds is 2. The second-order valence-corrected chi connectivity index (χ2v) is 7.13. The molecule has 1 aliphatic carbocycles. The molecule has 27 heavy (non-hydrogen) atoms. The highest BCUT2D eigenvalue weighted by atomic mass is 16.3. The van der Waals surface area contributed by atoms with Gasteiger partial charge in [-0.1, -0.05) is 30.3 Å². The van der Waals surface area contributed by atoms with Crippen molar-refractivity contribution in [2.45, 2.75) is 25.5 Å². The average molecular weight is 366 g/mol. The summed E-state index contributed by atoms with van der Waals surface area (Å²) in [6.07, 6.45) is -0.885. The van der Waals surface area contributed by atoms with Gasteiger partial charge >= 0.3 is 0 Å². The lowest BCUT2D eigenvalue weighted by Crippen LogP contribution is -2.51. The van der Waals surface area contributed by atoms with E-state index in [1.165, 1.54) is 0 Å². The molecule has 0 fully saturated rings. The van der Waals surface area contributed by atoms with Gasteiger partial charge in [0.25, 0.3) is 0 Å². The number of Topliss-reactive ketones (excluding diaryl/α,β-unsaturated/α-hetero) is 1.